The van der Waals surface area contributed by atoms with Crippen molar-refractivity contribution in [2.24, 2.45) is 0 Å². The van der Waals surface area contributed by atoms with Crippen LogP contribution in [0.1, 0.15) is 16.7 Å². The fraction of sp³-hybridized carbons (Fsp3) is 0.0667. The van der Waals surface area contributed by atoms with Crippen LogP contribution in [0.2, 0.25) is 10.0 Å². The van der Waals surface area contributed by atoms with E-state index in [1.807, 2.05) is 42.5 Å². The molecule has 1 N–H and O–H groups in total. The molecular weight excluding hydrogens is 294 g/mol. The van der Waals surface area contributed by atoms with Crippen molar-refractivity contribution in [3.8, 4) is 0 Å². The molecule has 0 atom stereocenters. The lowest BCUT2D eigenvalue weighted by Gasteiger charge is -2.01. The molecule has 1 heterocycles. The number of rotatable bonds is 2. The Morgan fingerprint density at radius 3 is 2.45 bits per heavy atom. The SMILES string of the molecule is OB1OCc2cc(/C=C/c3cc(Cl)cc(Cl)c3)ccc21. The zero-order valence-electron chi connectivity index (χ0n) is 10.5. The van der Waals surface area contributed by atoms with Crippen LogP contribution in [0, 0.1) is 0 Å². The van der Waals surface area contributed by atoms with Crippen LogP contribution in [0.4, 0.5) is 0 Å². The third-order valence-corrected chi connectivity index (χ3v) is 3.62. The lowest BCUT2D eigenvalue weighted by molar-refractivity contribution is 0.275. The van der Waals surface area contributed by atoms with E-state index in [0.29, 0.717) is 16.7 Å². The summed E-state index contributed by atoms with van der Waals surface area (Å²) in [5.74, 6) is 0. The summed E-state index contributed by atoms with van der Waals surface area (Å²) in [5, 5.41) is 10.8. The topological polar surface area (TPSA) is 29.5 Å². The molecule has 2 nitrogen and oxygen atoms in total. The van der Waals surface area contributed by atoms with Gasteiger partial charge in [-0.3, -0.25) is 0 Å². The summed E-state index contributed by atoms with van der Waals surface area (Å²) in [4.78, 5) is 0. The van der Waals surface area contributed by atoms with E-state index in [2.05, 4.69) is 0 Å². The molecule has 100 valence electrons. The first kappa shape index (κ1) is 13.7. The van der Waals surface area contributed by atoms with Crippen molar-refractivity contribution in [3.05, 3.63) is 63.1 Å². The normalized spacial score (nSPS) is 14.1. The highest BCUT2D eigenvalue weighted by Crippen LogP contribution is 2.21. The van der Waals surface area contributed by atoms with Gasteiger partial charge < -0.3 is 9.68 Å². The van der Waals surface area contributed by atoms with E-state index >= 15 is 0 Å². The first-order valence-corrected chi connectivity index (χ1v) is 6.94. The molecule has 5 heteroatoms. The summed E-state index contributed by atoms with van der Waals surface area (Å²) in [6.07, 6.45) is 3.93. The van der Waals surface area contributed by atoms with E-state index in [1.54, 1.807) is 6.07 Å². The zero-order chi connectivity index (χ0) is 14.1. The molecule has 0 aliphatic carbocycles. The van der Waals surface area contributed by atoms with E-state index < -0.39 is 7.12 Å². The third-order valence-electron chi connectivity index (χ3n) is 3.18. The fourth-order valence-electron chi connectivity index (χ4n) is 2.22. The van der Waals surface area contributed by atoms with Gasteiger partial charge >= 0.3 is 7.12 Å². The molecule has 0 aromatic heterocycles. The molecule has 0 radical (unpaired) electrons. The van der Waals surface area contributed by atoms with Crippen LogP contribution in [0.15, 0.2) is 36.4 Å². The van der Waals surface area contributed by atoms with Gasteiger partial charge in [0.1, 0.15) is 0 Å². The minimum Gasteiger partial charge on any atom is -0.423 e. The van der Waals surface area contributed by atoms with Gasteiger partial charge in [-0.25, -0.2) is 0 Å². The molecule has 0 unspecified atom stereocenters. The molecule has 0 saturated heterocycles. The zero-order valence-corrected chi connectivity index (χ0v) is 12.0. The number of benzene rings is 2. The molecule has 1 aliphatic rings. The van der Waals surface area contributed by atoms with Crippen LogP contribution in [-0.2, 0) is 11.3 Å². The third kappa shape index (κ3) is 2.91. The maximum absolute atomic E-state index is 9.57. The quantitative estimate of drug-likeness (QED) is 0.681. The predicted molar refractivity (Wildman–Crippen MR) is 84.2 cm³/mol. The highest BCUT2D eigenvalue weighted by Gasteiger charge is 2.26. The van der Waals surface area contributed by atoms with Crippen LogP contribution in [-0.4, -0.2) is 12.1 Å². The van der Waals surface area contributed by atoms with E-state index in [9.17, 15) is 5.02 Å². The van der Waals surface area contributed by atoms with Gasteiger partial charge in [-0.05, 0) is 46.4 Å². The second kappa shape index (κ2) is 5.62. The van der Waals surface area contributed by atoms with Crippen molar-refractivity contribution in [1.29, 1.82) is 0 Å². The molecule has 0 fully saturated rings. The molecule has 2 aromatic carbocycles. The standard InChI is InChI=1S/C15H11BCl2O2/c17-13-6-11(7-14(18)8-13)2-1-10-3-4-15-12(5-10)9-20-16(15)19/h1-8,19H,9H2/b2-1+. The van der Waals surface area contributed by atoms with Crippen molar-refractivity contribution in [2.45, 2.75) is 6.61 Å². The first-order valence-electron chi connectivity index (χ1n) is 6.18. The highest BCUT2D eigenvalue weighted by molar-refractivity contribution is 6.61. The number of fused-ring (bicyclic) bond motifs is 1. The molecule has 0 amide bonds. The summed E-state index contributed by atoms with van der Waals surface area (Å²) in [6.45, 7) is 0.446. The van der Waals surface area contributed by atoms with E-state index in [4.69, 9.17) is 27.9 Å². The van der Waals surface area contributed by atoms with Gasteiger partial charge in [0.2, 0.25) is 0 Å². The summed E-state index contributed by atoms with van der Waals surface area (Å²) in [5.41, 5.74) is 3.84. The monoisotopic (exact) mass is 304 g/mol. The van der Waals surface area contributed by atoms with Crippen molar-refractivity contribution in [3.63, 3.8) is 0 Å². The van der Waals surface area contributed by atoms with Crippen molar-refractivity contribution >= 4 is 47.9 Å². The van der Waals surface area contributed by atoms with Crippen LogP contribution >= 0.6 is 23.2 Å². The van der Waals surface area contributed by atoms with Gasteiger partial charge in [-0.2, -0.15) is 0 Å². The largest absolute Gasteiger partial charge is 0.491 e. The van der Waals surface area contributed by atoms with Gasteiger partial charge in [0, 0.05) is 10.0 Å². The Balaban J connectivity index is 1.86. The van der Waals surface area contributed by atoms with E-state index in [0.717, 1.165) is 22.2 Å². The van der Waals surface area contributed by atoms with Gasteiger partial charge in [0.15, 0.2) is 0 Å². The first-order chi connectivity index (χ1) is 9.61. The Bertz CT molecular complexity index is 665. The predicted octanol–water partition coefficient (Wildman–Crippen LogP) is 3.38. The lowest BCUT2D eigenvalue weighted by atomic mass is 9.79. The minimum atomic E-state index is -0.797. The Morgan fingerprint density at radius 2 is 1.70 bits per heavy atom. The number of halogens is 2. The fourth-order valence-corrected chi connectivity index (χ4v) is 2.76. The second-order valence-electron chi connectivity index (χ2n) is 4.66. The average molecular weight is 305 g/mol. The Morgan fingerprint density at radius 1 is 1.00 bits per heavy atom. The van der Waals surface area contributed by atoms with Gasteiger partial charge in [-0.15, -0.1) is 0 Å². The van der Waals surface area contributed by atoms with Crippen LogP contribution in [0.5, 0.6) is 0 Å². The number of hydrogen-bond acceptors (Lipinski definition) is 2. The minimum absolute atomic E-state index is 0.446. The average Bonchev–Trinajstić information content (AvgIpc) is 2.77. The van der Waals surface area contributed by atoms with Crippen LogP contribution in [0.25, 0.3) is 12.2 Å². The number of hydrogen-bond donors (Lipinski definition) is 1. The summed E-state index contributed by atoms with van der Waals surface area (Å²) in [7, 11) is -0.797. The van der Waals surface area contributed by atoms with Gasteiger partial charge in [0.25, 0.3) is 0 Å². The maximum Gasteiger partial charge on any atom is 0.491 e. The van der Waals surface area contributed by atoms with E-state index in [-0.39, 0.29) is 0 Å². The molecule has 20 heavy (non-hydrogen) atoms. The lowest BCUT2D eigenvalue weighted by Crippen LogP contribution is -2.27. The van der Waals surface area contributed by atoms with Crippen LogP contribution < -0.4 is 5.46 Å². The van der Waals surface area contributed by atoms with Gasteiger partial charge in [-0.1, -0.05) is 47.5 Å². The molecule has 0 spiro atoms. The molecule has 2 aromatic rings. The summed E-state index contributed by atoms with van der Waals surface area (Å²) >= 11 is 11.9. The molecule has 0 saturated carbocycles. The molecule has 0 bridgehead atoms. The smallest absolute Gasteiger partial charge is 0.423 e. The summed E-state index contributed by atoms with van der Waals surface area (Å²) in [6, 6.07) is 11.2. The Hall–Kier alpha value is -1.26. The van der Waals surface area contributed by atoms with Crippen LogP contribution in [0.3, 0.4) is 0 Å². The summed E-state index contributed by atoms with van der Waals surface area (Å²) < 4.78 is 5.17. The molecule has 1 aliphatic heterocycles. The van der Waals surface area contributed by atoms with Crippen molar-refractivity contribution in [2.75, 3.05) is 0 Å². The van der Waals surface area contributed by atoms with E-state index in [1.165, 1.54) is 0 Å². The van der Waals surface area contributed by atoms with Gasteiger partial charge in [0.05, 0.1) is 6.61 Å². The maximum atomic E-state index is 9.57. The highest BCUT2D eigenvalue weighted by atomic mass is 35.5. The molecular formula is C15H11BCl2O2. The molecule has 3 rings (SSSR count). The van der Waals surface area contributed by atoms with Crippen molar-refractivity contribution < 1.29 is 9.68 Å². The Labute approximate surface area is 127 Å². The van der Waals surface area contributed by atoms with Crippen molar-refractivity contribution in [1.82, 2.24) is 0 Å². The second-order valence-corrected chi connectivity index (χ2v) is 5.53. The Kier molecular flexibility index (Phi) is 3.86.